The predicted octanol–water partition coefficient (Wildman–Crippen LogP) is 3.38. The molecule has 2 rings (SSSR count). The van der Waals surface area contributed by atoms with E-state index in [0.29, 0.717) is 6.04 Å². The lowest BCUT2D eigenvalue weighted by atomic mass is 9.78. The third-order valence-corrected chi connectivity index (χ3v) is 4.69. The molecule has 1 aromatic carbocycles. The summed E-state index contributed by atoms with van der Waals surface area (Å²) in [5, 5.41) is 3.43. The van der Waals surface area contributed by atoms with Gasteiger partial charge in [0.1, 0.15) is 0 Å². The molecule has 1 N–H and O–H groups in total. The fraction of sp³-hybridized carbons (Fsp3) is 0.647. The molecule has 0 amide bonds. The number of benzene rings is 1. The standard InChI is InChI=1S/C17H28N2/c1-13-7-5-6-8-16(13)17(19(3)4)14-9-11-15(18-2)12-10-14/h5-8,14-15,17-18H,9-12H2,1-4H3. The lowest BCUT2D eigenvalue weighted by Crippen LogP contribution is -2.35. The summed E-state index contributed by atoms with van der Waals surface area (Å²) in [5.74, 6) is 0.792. The molecular weight excluding hydrogens is 232 g/mol. The minimum atomic E-state index is 0.569. The van der Waals surface area contributed by atoms with Crippen molar-refractivity contribution in [2.45, 2.75) is 44.7 Å². The number of aryl methyl sites for hydroxylation is 1. The van der Waals surface area contributed by atoms with Gasteiger partial charge < -0.3 is 10.2 Å². The van der Waals surface area contributed by atoms with Crippen LogP contribution in [0.2, 0.25) is 0 Å². The van der Waals surface area contributed by atoms with Crippen LogP contribution in [0.15, 0.2) is 24.3 Å². The highest BCUT2D eigenvalue weighted by Gasteiger charge is 2.30. The Morgan fingerprint density at radius 3 is 2.26 bits per heavy atom. The molecule has 0 aliphatic heterocycles. The van der Waals surface area contributed by atoms with Crippen molar-refractivity contribution < 1.29 is 0 Å². The van der Waals surface area contributed by atoms with Crippen LogP contribution in [0.4, 0.5) is 0 Å². The second-order valence-electron chi connectivity index (χ2n) is 6.17. The van der Waals surface area contributed by atoms with E-state index < -0.39 is 0 Å². The topological polar surface area (TPSA) is 15.3 Å². The highest BCUT2D eigenvalue weighted by Crippen LogP contribution is 2.38. The average molecular weight is 260 g/mol. The molecular formula is C17H28N2. The van der Waals surface area contributed by atoms with Crippen LogP contribution in [0.25, 0.3) is 0 Å². The Kier molecular flexibility index (Phi) is 5.00. The Bertz CT molecular complexity index is 392. The first kappa shape index (κ1) is 14.5. The maximum Gasteiger partial charge on any atom is 0.0372 e. The summed E-state index contributed by atoms with van der Waals surface area (Å²) in [7, 11) is 6.54. The van der Waals surface area contributed by atoms with E-state index in [0.717, 1.165) is 12.0 Å². The summed E-state index contributed by atoms with van der Waals surface area (Å²) < 4.78 is 0. The van der Waals surface area contributed by atoms with Crippen molar-refractivity contribution in [3.05, 3.63) is 35.4 Å². The quantitative estimate of drug-likeness (QED) is 0.893. The molecule has 0 spiro atoms. The summed E-state index contributed by atoms with van der Waals surface area (Å²) >= 11 is 0. The largest absolute Gasteiger partial charge is 0.317 e. The summed E-state index contributed by atoms with van der Waals surface area (Å²) in [4.78, 5) is 2.41. The van der Waals surface area contributed by atoms with Gasteiger partial charge in [0.2, 0.25) is 0 Å². The van der Waals surface area contributed by atoms with E-state index in [9.17, 15) is 0 Å². The van der Waals surface area contributed by atoms with Gasteiger partial charge in [0, 0.05) is 12.1 Å². The number of hydrogen-bond acceptors (Lipinski definition) is 2. The molecule has 19 heavy (non-hydrogen) atoms. The van der Waals surface area contributed by atoms with E-state index in [4.69, 9.17) is 0 Å². The smallest absolute Gasteiger partial charge is 0.0372 e. The maximum absolute atomic E-state index is 3.43. The molecule has 2 nitrogen and oxygen atoms in total. The number of nitrogens with one attached hydrogen (secondary N) is 1. The monoisotopic (exact) mass is 260 g/mol. The summed E-state index contributed by atoms with van der Waals surface area (Å²) in [6.45, 7) is 2.24. The van der Waals surface area contributed by atoms with E-state index in [1.54, 1.807) is 0 Å². The average Bonchev–Trinajstić information content (AvgIpc) is 2.42. The first-order chi connectivity index (χ1) is 9.13. The van der Waals surface area contributed by atoms with Crippen molar-refractivity contribution >= 4 is 0 Å². The van der Waals surface area contributed by atoms with Gasteiger partial charge in [0.15, 0.2) is 0 Å². The molecule has 0 saturated heterocycles. The molecule has 2 heteroatoms. The zero-order valence-corrected chi connectivity index (χ0v) is 12.8. The Hall–Kier alpha value is -0.860. The number of rotatable bonds is 4. The van der Waals surface area contributed by atoms with Crippen LogP contribution in [0.3, 0.4) is 0 Å². The van der Waals surface area contributed by atoms with E-state index in [1.807, 2.05) is 0 Å². The summed E-state index contributed by atoms with van der Waals surface area (Å²) in [6.07, 6.45) is 5.31. The number of hydrogen-bond donors (Lipinski definition) is 1. The first-order valence-corrected chi connectivity index (χ1v) is 7.52. The van der Waals surface area contributed by atoms with Crippen molar-refractivity contribution in [3.63, 3.8) is 0 Å². The van der Waals surface area contributed by atoms with Crippen molar-refractivity contribution in [1.82, 2.24) is 10.2 Å². The fourth-order valence-corrected chi connectivity index (χ4v) is 3.60. The van der Waals surface area contributed by atoms with Crippen molar-refractivity contribution in [1.29, 1.82) is 0 Å². The van der Waals surface area contributed by atoms with E-state index >= 15 is 0 Å². The summed E-state index contributed by atoms with van der Waals surface area (Å²) in [5.41, 5.74) is 2.94. The second-order valence-corrected chi connectivity index (χ2v) is 6.17. The molecule has 1 atom stereocenters. The fourth-order valence-electron chi connectivity index (χ4n) is 3.60. The normalized spacial score (nSPS) is 25.5. The van der Waals surface area contributed by atoms with Crippen molar-refractivity contribution in [2.24, 2.45) is 5.92 Å². The van der Waals surface area contributed by atoms with Gasteiger partial charge in [-0.1, -0.05) is 24.3 Å². The molecule has 106 valence electrons. The molecule has 1 saturated carbocycles. The van der Waals surface area contributed by atoms with Crippen LogP contribution in [0, 0.1) is 12.8 Å². The Labute approximate surface area is 118 Å². The van der Waals surface area contributed by atoms with Gasteiger partial charge >= 0.3 is 0 Å². The van der Waals surface area contributed by atoms with Crippen molar-refractivity contribution in [2.75, 3.05) is 21.1 Å². The lowest BCUT2D eigenvalue weighted by molar-refractivity contribution is 0.158. The Balaban J connectivity index is 2.16. The molecule has 0 bridgehead atoms. The third kappa shape index (κ3) is 3.37. The van der Waals surface area contributed by atoms with Gasteiger partial charge in [-0.05, 0) is 70.8 Å². The Morgan fingerprint density at radius 2 is 1.74 bits per heavy atom. The van der Waals surface area contributed by atoms with Crippen LogP contribution in [0.5, 0.6) is 0 Å². The van der Waals surface area contributed by atoms with Gasteiger partial charge in [0.25, 0.3) is 0 Å². The third-order valence-electron chi connectivity index (χ3n) is 4.69. The van der Waals surface area contributed by atoms with E-state index in [2.05, 4.69) is 62.5 Å². The highest BCUT2D eigenvalue weighted by atomic mass is 15.1. The number of nitrogens with zero attached hydrogens (tertiary/aromatic N) is 1. The van der Waals surface area contributed by atoms with E-state index in [1.165, 1.54) is 36.8 Å². The van der Waals surface area contributed by atoms with Crippen LogP contribution in [0.1, 0.15) is 42.9 Å². The highest BCUT2D eigenvalue weighted by molar-refractivity contribution is 5.29. The van der Waals surface area contributed by atoms with Crippen molar-refractivity contribution in [3.8, 4) is 0 Å². The van der Waals surface area contributed by atoms with Gasteiger partial charge in [-0.15, -0.1) is 0 Å². The molecule has 0 aromatic heterocycles. The van der Waals surface area contributed by atoms with Crippen LogP contribution < -0.4 is 5.32 Å². The molecule has 0 radical (unpaired) electrons. The van der Waals surface area contributed by atoms with Crippen LogP contribution >= 0.6 is 0 Å². The predicted molar refractivity (Wildman–Crippen MR) is 82.4 cm³/mol. The summed E-state index contributed by atoms with van der Waals surface area (Å²) in [6, 6.07) is 10.2. The minimum Gasteiger partial charge on any atom is -0.317 e. The molecule has 1 aliphatic rings. The van der Waals surface area contributed by atoms with Crippen LogP contribution in [-0.2, 0) is 0 Å². The SMILES string of the molecule is CNC1CCC(C(c2ccccc2C)N(C)C)CC1. The first-order valence-electron chi connectivity index (χ1n) is 7.52. The second kappa shape index (κ2) is 6.53. The minimum absolute atomic E-state index is 0.569. The zero-order valence-electron chi connectivity index (χ0n) is 12.8. The molecule has 0 heterocycles. The van der Waals surface area contributed by atoms with Gasteiger partial charge in [0.05, 0.1) is 0 Å². The Morgan fingerprint density at radius 1 is 1.11 bits per heavy atom. The van der Waals surface area contributed by atoms with Gasteiger partial charge in [-0.2, -0.15) is 0 Å². The molecule has 1 aromatic rings. The maximum atomic E-state index is 3.43. The van der Waals surface area contributed by atoms with Crippen LogP contribution in [-0.4, -0.2) is 32.1 Å². The lowest BCUT2D eigenvalue weighted by Gasteiger charge is -2.38. The molecule has 1 aliphatic carbocycles. The van der Waals surface area contributed by atoms with Gasteiger partial charge in [-0.3, -0.25) is 0 Å². The molecule has 1 unspecified atom stereocenters. The molecule has 1 fully saturated rings. The zero-order chi connectivity index (χ0) is 13.8. The van der Waals surface area contributed by atoms with Gasteiger partial charge in [-0.25, -0.2) is 0 Å². The van der Waals surface area contributed by atoms with E-state index in [-0.39, 0.29) is 0 Å².